The highest BCUT2D eigenvalue weighted by atomic mass is 35.5. The Morgan fingerprint density at radius 1 is 1.29 bits per heavy atom. The molecule has 0 fully saturated rings. The molecule has 0 radical (unpaired) electrons. The monoisotopic (exact) mass is 402 g/mol. The van der Waals surface area contributed by atoms with Crippen molar-refractivity contribution in [3.05, 3.63) is 51.6 Å². The maximum Gasteiger partial charge on any atom is 0.341 e. The summed E-state index contributed by atoms with van der Waals surface area (Å²) in [6.45, 7) is 6.93. The number of methoxy groups -OCH3 is 1. The number of carbonyl (C=O) groups is 1. The zero-order valence-corrected chi connectivity index (χ0v) is 17.2. The van der Waals surface area contributed by atoms with Crippen molar-refractivity contribution >= 4 is 28.6 Å². The van der Waals surface area contributed by atoms with Crippen molar-refractivity contribution in [1.82, 2.24) is 19.7 Å². The SMILES string of the molecule is CCOC(=O)c1cnc2c(c(C)nn2Cc2cc(CCOC)cc(C)n2)c1Cl. The van der Waals surface area contributed by atoms with Gasteiger partial charge in [-0.25, -0.2) is 14.5 Å². The second-order valence-corrected chi connectivity index (χ2v) is 6.88. The van der Waals surface area contributed by atoms with E-state index < -0.39 is 5.97 Å². The van der Waals surface area contributed by atoms with Crippen molar-refractivity contribution < 1.29 is 14.3 Å². The largest absolute Gasteiger partial charge is 0.462 e. The molecule has 0 amide bonds. The van der Waals surface area contributed by atoms with E-state index in [-0.39, 0.29) is 12.2 Å². The van der Waals surface area contributed by atoms with Crippen LogP contribution in [0.2, 0.25) is 5.02 Å². The molecule has 3 aromatic rings. The number of rotatable bonds is 7. The Balaban J connectivity index is 1.98. The smallest absolute Gasteiger partial charge is 0.341 e. The Kier molecular flexibility index (Phi) is 6.26. The molecule has 0 atom stereocenters. The van der Waals surface area contributed by atoms with Crippen LogP contribution >= 0.6 is 11.6 Å². The van der Waals surface area contributed by atoms with E-state index >= 15 is 0 Å². The first-order chi connectivity index (χ1) is 13.4. The molecule has 8 heteroatoms. The maximum atomic E-state index is 12.1. The van der Waals surface area contributed by atoms with Crippen LogP contribution in [0.1, 0.15) is 39.9 Å². The molecule has 0 saturated carbocycles. The number of ether oxygens (including phenoxy) is 2. The van der Waals surface area contributed by atoms with E-state index in [1.54, 1.807) is 18.7 Å². The molecule has 28 heavy (non-hydrogen) atoms. The first-order valence-corrected chi connectivity index (χ1v) is 9.46. The van der Waals surface area contributed by atoms with Crippen LogP contribution in [0, 0.1) is 13.8 Å². The molecule has 0 aliphatic heterocycles. The number of halogens is 1. The average Bonchev–Trinajstić information content (AvgIpc) is 2.96. The van der Waals surface area contributed by atoms with Crippen molar-refractivity contribution in [3.63, 3.8) is 0 Å². The Morgan fingerprint density at radius 3 is 2.79 bits per heavy atom. The highest BCUT2D eigenvalue weighted by Gasteiger charge is 2.20. The van der Waals surface area contributed by atoms with Gasteiger partial charge in [0.25, 0.3) is 0 Å². The Bertz CT molecular complexity index is 1020. The van der Waals surface area contributed by atoms with Crippen LogP contribution in [0.4, 0.5) is 0 Å². The number of esters is 1. The highest BCUT2D eigenvalue weighted by molar-refractivity contribution is 6.38. The standard InChI is InChI=1S/C20H23ClN4O3/c1-5-28-20(26)16-10-22-19-17(18(16)21)13(3)24-25(19)11-15-9-14(6-7-27-4)8-12(2)23-15/h8-10H,5-7,11H2,1-4H3. The molecule has 0 N–H and O–H groups in total. The van der Waals surface area contributed by atoms with Gasteiger partial charge in [0.2, 0.25) is 0 Å². The van der Waals surface area contributed by atoms with Gasteiger partial charge >= 0.3 is 5.97 Å². The fraction of sp³-hybridized carbons (Fsp3) is 0.400. The third kappa shape index (κ3) is 4.15. The molecule has 0 aliphatic rings. The summed E-state index contributed by atoms with van der Waals surface area (Å²) in [6.07, 6.45) is 2.26. The molecule has 0 aromatic carbocycles. The van der Waals surface area contributed by atoms with E-state index in [9.17, 15) is 4.79 Å². The Labute approximate surface area is 168 Å². The number of hydrogen-bond donors (Lipinski definition) is 0. The lowest BCUT2D eigenvalue weighted by Gasteiger charge is -2.08. The maximum absolute atomic E-state index is 12.1. The summed E-state index contributed by atoms with van der Waals surface area (Å²) in [6, 6.07) is 4.10. The van der Waals surface area contributed by atoms with Crippen LogP contribution in [0.15, 0.2) is 18.3 Å². The van der Waals surface area contributed by atoms with Gasteiger partial charge in [0.05, 0.1) is 47.1 Å². The molecular weight excluding hydrogens is 380 g/mol. The average molecular weight is 403 g/mol. The van der Waals surface area contributed by atoms with E-state index in [2.05, 4.69) is 21.1 Å². The lowest BCUT2D eigenvalue weighted by Crippen LogP contribution is -2.08. The number of aromatic nitrogens is 4. The second-order valence-electron chi connectivity index (χ2n) is 6.50. The summed E-state index contributed by atoms with van der Waals surface area (Å²) in [5.74, 6) is -0.489. The topological polar surface area (TPSA) is 79.1 Å². The van der Waals surface area contributed by atoms with Crippen LogP contribution in [0.3, 0.4) is 0 Å². The van der Waals surface area contributed by atoms with E-state index in [0.29, 0.717) is 34.9 Å². The minimum absolute atomic E-state index is 0.245. The highest BCUT2D eigenvalue weighted by Crippen LogP contribution is 2.29. The van der Waals surface area contributed by atoms with Gasteiger partial charge in [0, 0.05) is 19.0 Å². The van der Waals surface area contributed by atoms with Gasteiger partial charge in [-0.15, -0.1) is 0 Å². The second kappa shape index (κ2) is 8.67. The van der Waals surface area contributed by atoms with Crippen LogP contribution in [-0.4, -0.2) is 46.0 Å². The number of aryl methyl sites for hydroxylation is 2. The number of nitrogens with zero attached hydrogens (tertiary/aromatic N) is 4. The van der Waals surface area contributed by atoms with Crippen LogP contribution in [0.5, 0.6) is 0 Å². The first kappa shape index (κ1) is 20.2. The van der Waals surface area contributed by atoms with Gasteiger partial charge in [-0.1, -0.05) is 11.6 Å². The zero-order valence-electron chi connectivity index (χ0n) is 16.5. The lowest BCUT2D eigenvalue weighted by atomic mass is 10.1. The third-order valence-electron chi connectivity index (χ3n) is 4.34. The molecule has 0 aliphatic carbocycles. The molecule has 0 unspecified atom stereocenters. The number of carbonyl (C=O) groups excluding carboxylic acids is 1. The molecule has 3 aromatic heterocycles. The van der Waals surface area contributed by atoms with Gasteiger partial charge in [-0.2, -0.15) is 5.10 Å². The van der Waals surface area contributed by atoms with E-state index in [4.69, 9.17) is 21.1 Å². The molecule has 0 spiro atoms. The summed E-state index contributed by atoms with van der Waals surface area (Å²) in [4.78, 5) is 21.1. The molecule has 7 nitrogen and oxygen atoms in total. The molecule has 3 heterocycles. The summed E-state index contributed by atoms with van der Waals surface area (Å²) < 4.78 is 12.0. The zero-order chi connectivity index (χ0) is 20.3. The van der Waals surface area contributed by atoms with Gasteiger partial charge in [-0.3, -0.25) is 4.98 Å². The summed E-state index contributed by atoms with van der Waals surface area (Å²) >= 11 is 6.48. The molecule has 148 valence electrons. The van der Waals surface area contributed by atoms with Crippen molar-refractivity contribution in [2.45, 2.75) is 33.7 Å². The fourth-order valence-corrected chi connectivity index (χ4v) is 3.50. The van der Waals surface area contributed by atoms with Crippen molar-refractivity contribution in [1.29, 1.82) is 0 Å². The van der Waals surface area contributed by atoms with Gasteiger partial charge < -0.3 is 9.47 Å². The number of fused-ring (bicyclic) bond motifs is 1. The molecule has 0 bridgehead atoms. The van der Waals surface area contributed by atoms with E-state index in [1.807, 2.05) is 19.9 Å². The normalized spacial score (nSPS) is 11.2. The molecule has 3 rings (SSSR count). The minimum Gasteiger partial charge on any atom is -0.462 e. The number of pyridine rings is 2. The van der Waals surface area contributed by atoms with Crippen molar-refractivity contribution in [2.75, 3.05) is 20.3 Å². The predicted molar refractivity (Wildman–Crippen MR) is 107 cm³/mol. The van der Waals surface area contributed by atoms with Crippen LogP contribution < -0.4 is 0 Å². The van der Waals surface area contributed by atoms with Crippen LogP contribution in [-0.2, 0) is 22.4 Å². The third-order valence-corrected chi connectivity index (χ3v) is 4.73. The minimum atomic E-state index is -0.489. The quantitative estimate of drug-likeness (QED) is 0.562. The summed E-state index contributed by atoms with van der Waals surface area (Å²) in [7, 11) is 1.69. The predicted octanol–water partition coefficient (Wildman–Crippen LogP) is 3.51. The Hall–Kier alpha value is -2.51. The lowest BCUT2D eigenvalue weighted by molar-refractivity contribution is 0.0526. The number of hydrogen-bond acceptors (Lipinski definition) is 6. The Morgan fingerprint density at radius 2 is 2.07 bits per heavy atom. The summed E-state index contributed by atoms with van der Waals surface area (Å²) in [5.41, 5.74) is 4.53. The molecule has 0 saturated heterocycles. The van der Waals surface area contributed by atoms with Gasteiger partial charge in [0.15, 0.2) is 5.65 Å². The summed E-state index contributed by atoms with van der Waals surface area (Å²) in [5, 5.41) is 5.53. The van der Waals surface area contributed by atoms with E-state index in [1.165, 1.54) is 6.20 Å². The van der Waals surface area contributed by atoms with Crippen molar-refractivity contribution in [3.8, 4) is 0 Å². The fourth-order valence-electron chi connectivity index (χ4n) is 3.15. The van der Waals surface area contributed by atoms with Crippen molar-refractivity contribution in [2.24, 2.45) is 0 Å². The molecular formula is C20H23ClN4O3. The van der Waals surface area contributed by atoms with E-state index in [0.717, 1.165) is 23.4 Å². The first-order valence-electron chi connectivity index (χ1n) is 9.08. The van der Waals surface area contributed by atoms with Gasteiger partial charge in [0.1, 0.15) is 0 Å². The van der Waals surface area contributed by atoms with Gasteiger partial charge in [-0.05, 0) is 44.9 Å². The van der Waals surface area contributed by atoms with Crippen LogP contribution in [0.25, 0.3) is 11.0 Å².